The van der Waals surface area contributed by atoms with Gasteiger partial charge in [-0.15, -0.1) is 0 Å². The van der Waals surface area contributed by atoms with Crippen molar-refractivity contribution in [3.05, 3.63) is 46.6 Å². The third kappa shape index (κ3) is 3.44. The van der Waals surface area contributed by atoms with Gasteiger partial charge in [-0.3, -0.25) is 9.69 Å². The molecule has 0 unspecified atom stereocenters. The summed E-state index contributed by atoms with van der Waals surface area (Å²) in [4.78, 5) is 21.1. The van der Waals surface area contributed by atoms with Crippen LogP contribution >= 0.6 is 11.6 Å². The Balaban J connectivity index is 1.30. The molecule has 0 atom stereocenters. The molecule has 0 N–H and O–H groups in total. The summed E-state index contributed by atoms with van der Waals surface area (Å²) in [5, 5.41) is 4.69. The summed E-state index contributed by atoms with van der Waals surface area (Å²) in [6, 6.07) is 7.04. The highest BCUT2D eigenvalue weighted by Crippen LogP contribution is 2.38. The number of nitrogens with zero attached hydrogens (tertiary/aromatic N) is 4. The summed E-state index contributed by atoms with van der Waals surface area (Å²) in [7, 11) is 0. The number of benzene rings is 1. The fourth-order valence-electron chi connectivity index (χ4n) is 2.92. The molecule has 1 aromatic heterocycles. The van der Waals surface area contributed by atoms with E-state index in [2.05, 4.69) is 15.0 Å². The zero-order valence-electron chi connectivity index (χ0n) is 13.3. The van der Waals surface area contributed by atoms with Crippen LogP contribution in [0, 0.1) is 0 Å². The van der Waals surface area contributed by atoms with Crippen LogP contribution in [-0.4, -0.2) is 52.0 Å². The van der Waals surface area contributed by atoms with Gasteiger partial charge >= 0.3 is 0 Å². The van der Waals surface area contributed by atoms with Crippen molar-refractivity contribution in [3.8, 4) is 0 Å². The van der Waals surface area contributed by atoms with E-state index in [0.717, 1.165) is 18.9 Å². The van der Waals surface area contributed by atoms with Gasteiger partial charge < -0.3 is 9.42 Å². The third-order valence-corrected chi connectivity index (χ3v) is 4.79. The molecule has 1 saturated carbocycles. The molecule has 2 aromatic rings. The van der Waals surface area contributed by atoms with E-state index in [1.165, 1.54) is 12.8 Å². The Bertz CT molecular complexity index is 718. The first-order valence-corrected chi connectivity index (χ1v) is 8.66. The average Bonchev–Trinajstić information content (AvgIpc) is 3.36. The topological polar surface area (TPSA) is 62.5 Å². The van der Waals surface area contributed by atoms with E-state index in [4.69, 9.17) is 16.1 Å². The molecule has 2 aliphatic rings. The molecular weight excluding hydrogens is 328 g/mol. The van der Waals surface area contributed by atoms with Gasteiger partial charge in [0.15, 0.2) is 5.82 Å². The molecule has 1 aliphatic carbocycles. The standard InChI is InChI=1S/C17H19ClN4O2/c18-14-5-3-13(4-6-14)17(23)22-9-7-21(8-10-22)11-15-19-16(20-24-15)12-1-2-12/h3-6,12H,1-2,7-11H2. The van der Waals surface area contributed by atoms with Gasteiger partial charge in [-0.2, -0.15) is 4.98 Å². The van der Waals surface area contributed by atoms with Crippen LogP contribution in [0.5, 0.6) is 0 Å². The molecule has 2 fully saturated rings. The Kier molecular flexibility index (Phi) is 4.24. The monoisotopic (exact) mass is 346 g/mol. The zero-order valence-corrected chi connectivity index (χ0v) is 14.1. The lowest BCUT2D eigenvalue weighted by atomic mass is 10.2. The lowest BCUT2D eigenvalue weighted by molar-refractivity contribution is 0.0615. The maximum Gasteiger partial charge on any atom is 0.253 e. The van der Waals surface area contributed by atoms with Crippen LogP contribution in [0.1, 0.15) is 40.8 Å². The second-order valence-electron chi connectivity index (χ2n) is 6.40. The van der Waals surface area contributed by atoms with Gasteiger partial charge in [-0.1, -0.05) is 16.8 Å². The van der Waals surface area contributed by atoms with Crippen LogP contribution in [-0.2, 0) is 6.54 Å². The van der Waals surface area contributed by atoms with Gasteiger partial charge in [-0.05, 0) is 37.1 Å². The van der Waals surface area contributed by atoms with Crippen LogP contribution in [0.25, 0.3) is 0 Å². The van der Waals surface area contributed by atoms with Crippen LogP contribution < -0.4 is 0 Å². The van der Waals surface area contributed by atoms with Crippen LogP contribution in [0.2, 0.25) is 5.02 Å². The fourth-order valence-corrected chi connectivity index (χ4v) is 3.04. The second-order valence-corrected chi connectivity index (χ2v) is 6.83. The molecule has 0 spiro atoms. The van der Waals surface area contributed by atoms with Crippen LogP contribution in [0.3, 0.4) is 0 Å². The molecule has 126 valence electrons. The normalized spacial score (nSPS) is 18.8. The summed E-state index contributed by atoms with van der Waals surface area (Å²) >= 11 is 5.87. The minimum atomic E-state index is 0.0557. The molecule has 1 aliphatic heterocycles. The fraction of sp³-hybridized carbons (Fsp3) is 0.471. The summed E-state index contributed by atoms with van der Waals surface area (Å²) in [6.07, 6.45) is 2.34. The molecule has 24 heavy (non-hydrogen) atoms. The quantitative estimate of drug-likeness (QED) is 0.851. The number of aromatic nitrogens is 2. The van der Waals surface area contributed by atoms with Crippen molar-refractivity contribution in [2.75, 3.05) is 26.2 Å². The van der Waals surface area contributed by atoms with Crippen LogP contribution in [0.4, 0.5) is 0 Å². The van der Waals surface area contributed by atoms with E-state index < -0.39 is 0 Å². The molecule has 2 heterocycles. The van der Waals surface area contributed by atoms with E-state index in [1.807, 2.05) is 4.90 Å². The maximum atomic E-state index is 12.5. The van der Waals surface area contributed by atoms with Crippen molar-refractivity contribution in [1.82, 2.24) is 19.9 Å². The lowest BCUT2D eigenvalue weighted by Crippen LogP contribution is -2.48. The highest BCUT2D eigenvalue weighted by Gasteiger charge is 2.29. The Morgan fingerprint density at radius 2 is 1.88 bits per heavy atom. The first-order chi connectivity index (χ1) is 11.7. The number of halogens is 1. The molecule has 1 aromatic carbocycles. The average molecular weight is 347 g/mol. The highest BCUT2D eigenvalue weighted by atomic mass is 35.5. The third-order valence-electron chi connectivity index (χ3n) is 4.54. The summed E-state index contributed by atoms with van der Waals surface area (Å²) in [5.41, 5.74) is 0.679. The van der Waals surface area contributed by atoms with Gasteiger partial charge in [0.1, 0.15) is 0 Å². The molecule has 1 amide bonds. The van der Waals surface area contributed by atoms with E-state index in [1.54, 1.807) is 24.3 Å². The Morgan fingerprint density at radius 3 is 2.54 bits per heavy atom. The Hall–Kier alpha value is -1.92. The smallest absolute Gasteiger partial charge is 0.253 e. The van der Waals surface area contributed by atoms with Crippen molar-refractivity contribution in [2.24, 2.45) is 0 Å². The van der Waals surface area contributed by atoms with Gasteiger partial charge in [0.2, 0.25) is 5.89 Å². The van der Waals surface area contributed by atoms with Crippen molar-refractivity contribution in [3.63, 3.8) is 0 Å². The second kappa shape index (κ2) is 6.53. The molecule has 7 heteroatoms. The summed E-state index contributed by atoms with van der Waals surface area (Å²) < 4.78 is 5.33. The molecule has 1 saturated heterocycles. The molecule has 0 radical (unpaired) electrons. The van der Waals surface area contributed by atoms with Crippen molar-refractivity contribution >= 4 is 17.5 Å². The largest absolute Gasteiger partial charge is 0.338 e. The van der Waals surface area contributed by atoms with Gasteiger partial charge in [-0.25, -0.2) is 0 Å². The Morgan fingerprint density at radius 1 is 1.17 bits per heavy atom. The highest BCUT2D eigenvalue weighted by molar-refractivity contribution is 6.30. The first kappa shape index (κ1) is 15.6. The number of amides is 1. The molecule has 0 bridgehead atoms. The number of hydrogen-bond donors (Lipinski definition) is 0. The summed E-state index contributed by atoms with van der Waals surface area (Å²) in [5.74, 6) is 2.09. The number of hydrogen-bond acceptors (Lipinski definition) is 5. The van der Waals surface area contributed by atoms with Crippen molar-refractivity contribution < 1.29 is 9.32 Å². The first-order valence-electron chi connectivity index (χ1n) is 8.29. The van der Waals surface area contributed by atoms with Gasteiger partial charge in [0.05, 0.1) is 6.54 Å². The van der Waals surface area contributed by atoms with Crippen LogP contribution in [0.15, 0.2) is 28.8 Å². The zero-order chi connectivity index (χ0) is 16.5. The molecular formula is C17H19ClN4O2. The lowest BCUT2D eigenvalue weighted by Gasteiger charge is -2.34. The minimum absolute atomic E-state index is 0.0557. The predicted molar refractivity (Wildman–Crippen MR) is 88.9 cm³/mol. The van der Waals surface area contributed by atoms with Gasteiger partial charge in [0.25, 0.3) is 5.91 Å². The number of carbonyl (C=O) groups is 1. The van der Waals surface area contributed by atoms with E-state index in [-0.39, 0.29) is 5.91 Å². The minimum Gasteiger partial charge on any atom is -0.338 e. The molecule has 4 rings (SSSR count). The number of rotatable bonds is 4. The van der Waals surface area contributed by atoms with E-state index in [9.17, 15) is 4.79 Å². The van der Waals surface area contributed by atoms with E-state index >= 15 is 0 Å². The summed E-state index contributed by atoms with van der Waals surface area (Å²) in [6.45, 7) is 3.67. The van der Waals surface area contributed by atoms with Gasteiger partial charge in [0, 0.05) is 42.7 Å². The van der Waals surface area contributed by atoms with E-state index in [0.29, 0.717) is 42.0 Å². The SMILES string of the molecule is O=C(c1ccc(Cl)cc1)N1CCN(Cc2nc(C3CC3)no2)CC1. The van der Waals surface area contributed by atoms with Crippen molar-refractivity contribution in [1.29, 1.82) is 0 Å². The number of piperazine rings is 1. The van der Waals surface area contributed by atoms with Crippen molar-refractivity contribution in [2.45, 2.75) is 25.3 Å². The Labute approximate surface area is 145 Å². The molecule has 6 nitrogen and oxygen atoms in total. The predicted octanol–water partition coefficient (Wildman–Crippen LogP) is 2.56. The number of carbonyl (C=O) groups excluding carboxylic acids is 1. The maximum absolute atomic E-state index is 12.5.